The number of carbonyl (C=O) groups excluding carboxylic acids is 1. The summed E-state index contributed by atoms with van der Waals surface area (Å²) in [6.07, 6.45) is 26.3. The Bertz CT molecular complexity index is 797. The van der Waals surface area contributed by atoms with Gasteiger partial charge >= 0.3 is 5.97 Å². The van der Waals surface area contributed by atoms with Crippen molar-refractivity contribution in [3.05, 3.63) is 23.8 Å². The van der Waals surface area contributed by atoms with Crippen molar-refractivity contribution in [3.63, 3.8) is 0 Å². The van der Waals surface area contributed by atoms with Crippen molar-refractivity contribution in [2.45, 2.75) is 204 Å². The third-order valence-electron chi connectivity index (χ3n) is 9.30. The second-order valence-corrected chi connectivity index (χ2v) is 13.5. The van der Waals surface area contributed by atoms with E-state index in [-0.39, 0.29) is 24.3 Å². The van der Waals surface area contributed by atoms with Crippen molar-refractivity contribution < 1.29 is 34.7 Å². The Balaban J connectivity index is 1.43. The minimum Gasteiger partial charge on any atom is -0.455 e. The maximum Gasteiger partial charge on any atom is 0.334 e. The lowest BCUT2D eigenvalue weighted by atomic mass is 9.98. The van der Waals surface area contributed by atoms with Crippen molar-refractivity contribution >= 4 is 5.97 Å². The van der Waals surface area contributed by atoms with E-state index >= 15 is 0 Å². The lowest BCUT2D eigenvalue weighted by Gasteiger charge is -2.22. The SMILES string of the molecule is CCCCCCCCCCCCC=CCCC(O)C(O)CCC(O)C1CCC(CCCCCC(O)CC2=CC(C)OC2=O)O1. The molecular weight excluding hydrogens is 556 g/mol. The number of aliphatic hydroxyl groups is 4. The van der Waals surface area contributed by atoms with Gasteiger partial charge in [-0.25, -0.2) is 4.79 Å². The van der Waals surface area contributed by atoms with Crippen molar-refractivity contribution in [1.29, 1.82) is 0 Å². The molecule has 7 nitrogen and oxygen atoms in total. The van der Waals surface area contributed by atoms with Crippen LogP contribution in [0.4, 0.5) is 0 Å². The third kappa shape index (κ3) is 17.4. The summed E-state index contributed by atoms with van der Waals surface area (Å²) in [6.45, 7) is 4.08. The number of rotatable bonds is 27. The van der Waals surface area contributed by atoms with Crippen LogP contribution in [0.1, 0.15) is 162 Å². The molecule has 256 valence electrons. The second kappa shape index (κ2) is 24.0. The van der Waals surface area contributed by atoms with Crippen LogP contribution in [0.3, 0.4) is 0 Å². The first-order valence-corrected chi connectivity index (χ1v) is 18.2. The van der Waals surface area contributed by atoms with Crippen LogP contribution in [-0.2, 0) is 14.3 Å². The fourth-order valence-corrected chi connectivity index (χ4v) is 6.46. The minimum absolute atomic E-state index is 0.141. The van der Waals surface area contributed by atoms with Crippen LogP contribution in [0, 0.1) is 0 Å². The van der Waals surface area contributed by atoms with Gasteiger partial charge in [0, 0.05) is 12.0 Å². The fraction of sp³-hybridized carbons (Fsp3) is 0.865. The van der Waals surface area contributed by atoms with Gasteiger partial charge in [-0.15, -0.1) is 0 Å². The molecule has 0 aromatic rings. The highest BCUT2D eigenvalue weighted by molar-refractivity contribution is 5.90. The predicted octanol–water partition coefficient (Wildman–Crippen LogP) is 7.62. The Hall–Kier alpha value is -1.25. The third-order valence-corrected chi connectivity index (χ3v) is 9.30. The van der Waals surface area contributed by atoms with Crippen molar-refractivity contribution in [2.75, 3.05) is 0 Å². The summed E-state index contributed by atoms with van der Waals surface area (Å²) in [5.41, 5.74) is 0.582. The van der Waals surface area contributed by atoms with Crippen LogP contribution < -0.4 is 0 Å². The van der Waals surface area contributed by atoms with Gasteiger partial charge in [0.25, 0.3) is 0 Å². The van der Waals surface area contributed by atoms with E-state index in [0.717, 1.165) is 51.4 Å². The van der Waals surface area contributed by atoms with Crippen molar-refractivity contribution in [1.82, 2.24) is 0 Å². The van der Waals surface area contributed by atoms with Gasteiger partial charge in [-0.05, 0) is 77.2 Å². The van der Waals surface area contributed by atoms with Gasteiger partial charge in [0.15, 0.2) is 0 Å². The van der Waals surface area contributed by atoms with Crippen molar-refractivity contribution in [3.8, 4) is 0 Å². The zero-order valence-electron chi connectivity index (χ0n) is 28.1. The van der Waals surface area contributed by atoms with Gasteiger partial charge in [-0.2, -0.15) is 0 Å². The molecule has 2 rings (SSSR count). The van der Waals surface area contributed by atoms with E-state index in [2.05, 4.69) is 19.1 Å². The summed E-state index contributed by atoms with van der Waals surface area (Å²) in [5, 5.41) is 41.6. The Kier molecular flexibility index (Phi) is 21.2. The fourth-order valence-electron chi connectivity index (χ4n) is 6.46. The van der Waals surface area contributed by atoms with E-state index in [4.69, 9.17) is 9.47 Å². The lowest BCUT2D eigenvalue weighted by molar-refractivity contribution is -0.139. The summed E-state index contributed by atoms with van der Waals surface area (Å²) >= 11 is 0. The van der Waals surface area contributed by atoms with Crippen LogP contribution in [0.25, 0.3) is 0 Å². The van der Waals surface area contributed by atoms with Gasteiger partial charge in [-0.3, -0.25) is 0 Å². The van der Waals surface area contributed by atoms with E-state index in [0.29, 0.717) is 37.7 Å². The Labute approximate surface area is 268 Å². The molecule has 1 fully saturated rings. The highest BCUT2D eigenvalue weighted by Gasteiger charge is 2.31. The smallest absolute Gasteiger partial charge is 0.334 e. The number of hydrogen-bond donors (Lipinski definition) is 4. The molecule has 1 saturated heterocycles. The topological polar surface area (TPSA) is 116 Å². The van der Waals surface area contributed by atoms with E-state index in [1.54, 1.807) is 6.08 Å². The first-order chi connectivity index (χ1) is 21.3. The zero-order chi connectivity index (χ0) is 32.0. The first kappa shape index (κ1) is 38.9. The zero-order valence-corrected chi connectivity index (χ0v) is 28.1. The standard InChI is InChI=1S/C37H66O7/c1-3-4-5-6-7-8-9-10-11-12-13-14-15-19-22-33(39)34(40)24-25-35(41)36-26-23-32(44-36)21-18-16-17-20-31(38)28-30-27-29(2)43-37(30)42/h14-15,27,29,31-36,38-41H,3-13,16-26,28H2,1-2H3. The number of unbranched alkanes of at least 4 members (excludes halogenated alkanes) is 12. The average Bonchev–Trinajstić information content (AvgIpc) is 3.60. The molecule has 2 aliphatic heterocycles. The molecule has 0 aromatic heterocycles. The van der Waals surface area contributed by atoms with Crippen LogP contribution in [0.5, 0.6) is 0 Å². The van der Waals surface area contributed by atoms with E-state index in [9.17, 15) is 25.2 Å². The summed E-state index contributed by atoms with van der Waals surface area (Å²) < 4.78 is 11.2. The molecule has 2 aliphatic rings. The largest absolute Gasteiger partial charge is 0.455 e. The van der Waals surface area contributed by atoms with Crippen LogP contribution in [0.2, 0.25) is 0 Å². The summed E-state index contributed by atoms with van der Waals surface area (Å²) in [6, 6.07) is 0. The number of aliphatic hydroxyl groups excluding tert-OH is 4. The second-order valence-electron chi connectivity index (χ2n) is 13.5. The van der Waals surface area contributed by atoms with Gasteiger partial charge in [0.2, 0.25) is 0 Å². The Morgan fingerprint density at radius 1 is 0.773 bits per heavy atom. The quantitative estimate of drug-likeness (QED) is 0.0423. The molecule has 7 heteroatoms. The molecule has 2 heterocycles. The number of esters is 1. The number of cyclic esters (lactones) is 1. The molecule has 0 aromatic carbocycles. The lowest BCUT2D eigenvalue weighted by Crippen LogP contribution is -2.31. The Morgan fingerprint density at radius 3 is 2.09 bits per heavy atom. The molecule has 4 N–H and O–H groups in total. The number of hydrogen-bond acceptors (Lipinski definition) is 7. The molecule has 0 amide bonds. The average molecular weight is 623 g/mol. The normalized spacial score (nSPS) is 23.2. The number of ether oxygens (including phenoxy) is 2. The van der Waals surface area contributed by atoms with Gasteiger partial charge in [-0.1, -0.05) is 96.1 Å². The monoisotopic (exact) mass is 622 g/mol. The summed E-state index contributed by atoms with van der Waals surface area (Å²) in [7, 11) is 0. The maximum absolute atomic E-state index is 11.7. The van der Waals surface area contributed by atoms with Gasteiger partial charge < -0.3 is 29.9 Å². The van der Waals surface area contributed by atoms with Crippen molar-refractivity contribution in [2.24, 2.45) is 0 Å². The van der Waals surface area contributed by atoms with Crippen LogP contribution >= 0.6 is 0 Å². The predicted molar refractivity (Wildman–Crippen MR) is 177 cm³/mol. The van der Waals surface area contributed by atoms with Gasteiger partial charge in [0.05, 0.1) is 36.6 Å². The molecule has 0 aliphatic carbocycles. The highest BCUT2D eigenvalue weighted by atomic mass is 16.5. The molecule has 44 heavy (non-hydrogen) atoms. The van der Waals surface area contributed by atoms with Crippen LogP contribution in [0.15, 0.2) is 23.8 Å². The number of carbonyl (C=O) groups is 1. The summed E-state index contributed by atoms with van der Waals surface area (Å²) in [5.74, 6) is -0.310. The van der Waals surface area contributed by atoms with Crippen LogP contribution in [-0.4, -0.2) is 69.1 Å². The van der Waals surface area contributed by atoms with E-state index in [1.807, 2.05) is 6.92 Å². The molecule has 0 radical (unpaired) electrons. The highest BCUT2D eigenvalue weighted by Crippen LogP contribution is 2.28. The molecule has 0 spiro atoms. The number of allylic oxidation sites excluding steroid dienone is 2. The summed E-state index contributed by atoms with van der Waals surface area (Å²) in [4.78, 5) is 11.7. The first-order valence-electron chi connectivity index (χ1n) is 18.2. The Morgan fingerprint density at radius 2 is 1.41 bits per heavy atom. The van der Waals surface area contributed by atoms with E-state index < -0.39 is 24.4 Å². The molecule has 7 atom stereocenters. The van der Waals surface area contributed by atoms with Gasteiger partial charge in [0.1, 0.15) is 6.10 Å². The molecular formula is C37H66O7. The molecule has 7 unspecified atom stereocenters. The molecule has 0 saturated carbocycles. The minimum atomic E-state index is -0.827. The maximum atomic E-state index is 11.7. The van der Waals surface area contributed by atoms with E-state index in [1.165, 1.54) is 64.2 Å². The molecule has 0 bridgehead atoms.